The maximum Gasteiger partial charge on any atom is 0.330 e. The molecule has 1 heterocycles. The van der Waals surface area contributed by atoms with Crippen molar-refractivity contribution in [3.05, 3.63) is 0 Å². The maximum absolute atomic E-state index is 11.5. The van der Waals surface area contributed by atoms with Crippen LogP contribution in [0.25, 0.3) is 0 Å². The molecule has 6 nitrogen and oxygen atoms in total. The highest BCUT2D eigenvalue weighted by Crippen LogP contribution is 2.11. The summed E-state index contributed by atoms with van der Waals surface area (Å²) in [5, 5.41) is 12.0. The smallest absolute Gasteiger partial charge is 0.330 e. The largest absolute Gasteiger partial charge is 0.371 e. The Bertz CT molecular complexity index is 257. The van der Waals surface area contributed by atoms with E-state index in [1.807, 2.05) is 6.92 Å². The minimum Gasteiger partial charge on any atom is -0.371 e. The Hall–Kier alpha value is -1.30. The zero-order chi connectivity index (χ0) is 11.4. The van der Waals surface area contributed by atoms with Crippen LogP contribution >= 0.6 is 0 Å². The van der Waals surface area contributed by atoms with E-state index in [0.717, 1.165) is 17.7 Å². The van der Waals surface area contributed by atoms with Gasteiger partial charge in [-0.1, -0.05) is 13.3 Å². The third-order valence-corrected chi connectivity index (χ3v) is 2.29. The number of hydrogen-bond acceptors (Lipinski definition) is 3. The first-order chi connectivity index (χ1) is 7.07. The van der Waals surface area contributed by atoms with Gasteiger partial charge in [0.15, 0.2) is 6.23 Å². The summed E-state index contributed by atoms with van der Waals surface area (Å²) < 4.78 is 0. The van der Waals surface area contributed by atoms with Crippen molar-refractivity contribution in [1.29, 1.82) is 0 Å². The third kappa shape index (κ3) is 2.59. The van der Waals surface area contributed by atoms with Crippen molar-refractivity contribution in [2.45, 2.75) is 26.0 Å². The van der Waals surface area contributed by atoms with Gasteiger partial charge in [-0.25, -0.2) is 14.5 Å². The molecule has 1 aliphatic rings. The maximum atomic E-state index is 11.5. The summed E-state index contributed by atoms with van der Waals surface area (Å²) >= 11 is 0. The van der Waals surface area contributed by atoms with Crippen LogP contribution < -0.4 is 5.32 Å². The number of urea groups is 2. The second kappa shape index (κ2) is 4.97. The van der Waals surface area contributed by atoms with Crippen molar-refractivity contribution in [3.8, 4) is 0 Å². The summed E-state index contributed by atoms with van der Waals surface area (Å²) in [6.07, 6.45) is 0.792. The lowest BCUT2D eigenvalue weighted by atomic mass is 10.3. The van der Waals surface area contributed by atoms with Crippen LogP contribution in [0, 0.1) is 0 Å². The van der Waals surface area contributed by atoms with Crippen LogP contribution in [0.4, 0.5) is 9.59 Å². The summed E-state index contributed by atoms with van der Waals surface area (Å²) in [5.74, 6) is 0. The molecule has 1 atom stereocenters. The lowest BCUT2D eigenvalue weighted by Crippen LogP contribution is -2.46. The SMILES string of the molecule is CCCCNC(=O)N1C(=O)N(C)CC1O. The molecular weight excluding hydrogens is 198 g/mol. The van der Waals surface area contributed by atoms with E-state index in [4.69, 9.17) is 0 Å². The molecule has 86 valence electrons. The molecule has 4 amide bonds. The lowest BCUT2D eigenvalue weighted by molar-refractivity contribution is 0.0810. The molecule has 0 saturated carbocycles. The molecule has 1 unspecified atom stereocenters. The van der Waals surface area contributed by atoms with Gasteiger partial charge < -0.3 is 15.3 Å². The van der Waals surface area contributed by atoms with Gasteiger partial charge in [-0.2, -0.15) is 0 Å². The molecule has 0 bridgehead atoms. The molecule has 0 aliphatic carbocycles. The second-order valence-electron chi connectivity index (χ2n) is 3.60. The first kappa shape index (κ1) is 11.8. The second-order valence-corrected chi connectivity index (χ2v) is 3.60. The number of nitrogens with one attached hydrogen (secondary N) is 1. The summed E-state index contributed by atoms with van der Waals surface area (Å²) in [4.78, 5) is 25.1. The first-order valence-corrected chi connectivity index (χ1v) is 5.08. The monoisotopic (exact) mass is 215 g/mol. The van der Waals surface area contributed by atoms with E-state index in [2.05, 4.69) is 5.32 Å². The number of hydrogen-bond donors (Lipinski definition) is 2. The van der Waals surface area contributed by atoms with E-state index in [9.17, 15) is 14.7 Å². The number of β-amino-alcohol motifs (C(OH)–C–C–N with tert-alkyl or cyclic N) is 1. The molecule has 0 radical (unpaired) electrons. The molecule has 0 aromatic heterocycles. The third-order valence-electron chi connectivity index (χ3n) is 2.29. The molecular formula is C9H17N3O3. The fraction of sp³-hybridized carbons (Fsp3) is 0.778. The number of imide groups is 1. The Morgan fingerprint density at radius 1 is 1.67 bits per heavy atom. The predicted molar refractivity (Wildman–Crippen MR) is 54.2 cm³/mol. The molecule has 0 spiro atoms. The van der Waals surface area contributed by atoms with Gasteiger partial charge in [-0.05, 0) is 6.42 Å². The molecule has 0 aromatic rings. The van der Waals surface area contributed by atoms with Gasteiger partial charge >= 0.3 is 12.1 Å². The van der Waals surface area contributed by atoms with Crippen molar-refractivity contribution in [2.75, 3.05) is 20.1 Å². The number of aliphatic hydroxyl groups is 1. The Labute approximate surface area is 88.8 Å². The predicted octanol–water partition coefficient (Wildman–Crippen LogP) is 0.182. The Morgan fingerprint density at radius 3 is 2.80 bits per heavy atom. The van der Waals surface area contributed by atoms with Crippen molar-refractivity contribution < 1.29 is 14.7 Å². The average Bonchev–Trinajstić information content (AvgIpc) is 2.41. The topological polar surface area (TPSA) is 72.9 Å². The minimum absolute atomic E-state index is 0.167. The Kier molecular flexibility index (Phi) is 3.90. The van der Waals surface area contributed by atoms with Crippen molar-refractivity contribution in [1.82, 2.24) is 15.1 Å². The minimum atomic E-state index is -1.04. The molecule has 1 saturated heterocycles. The van der Waals surface area contributed by atoms with Crippen LogP contribution in [-0.4, -0.2) is 53.3 Å². The van der Waals surface area contributed by atoms with E-state index >= 15 is 0 Å². The zero-order valence-electron chi connectivity index (χ0n) is 9.06. The lowest BCUT2D eigenvalue weighted by Gasteiger charge is -2.17. The van der Waals surface area contributed by atoms with Crippen LogP contribution in [0.2, 0.25) is 0 Å². The van der Waals surface area contributed by atoms with Gasteiger partial charge in [0.2, 0.25) is 0 Å². The standard InChI is InChI=1S/C9H17N3O3/c1-3-4-5-10-8(14)12-7(13)6-11(2)9(12)15/h7,13H,3-6H2,1-2H3,(H,10,14). The van der Waals surface area contributed by atoms with Gasteiger partial charge in [0.05, 0.1) is 6.54 Å². The molecule has 1 aliphatic heterocycles. The Morgan fingerprint density at radius 2 is 2.33 bits per heavy atom. The number of nitrogens with zero attached hydrogens (tertiary/aromatic N) is 2. The van der Waals surface area contributed by atoms with Crippen LogP contribution in [0.3, 0.4) is 0 Å². The molecule has 1 rings (SSSR count). The van der Waals surface area contributed by atoms with Crippen LogP contribution in [-0.2, 0) is 0 Å². The highest BCUT2D eigenvalue weighted by molar-refractivity contribution is 5.95. The summed E-state index contributed by atoms with van der Waals surface area (Å²) in [7, 11) is 1.55. The summed E-state index contributed by atoms with van der Waals surface area (Å²) in [6.45, 7) is 2.70. The number of carbonyl (C=O) groups is 2. The van der Waals surface area contributed by atoms with E-state index in [1.54, 1.807) is 7.05 Å². The van der Waals surface area contributed by atoms with Gasteiger partial charge in [0, 0.05) is 13.6 Å². The fourth-order valence-corrected chi connectivity index (χ4v) is 1.40. The molecule has 0 aromatic carbocycles. The van der Waals surface area contributed by atoms with Crippen molar-refractivity contribution >= 4 is 12.1 Å². The summed E-state index contributed by atoms with van der Waals surface area (Å²) in [5.41, 5.74) is 0. The van der Waals surface area contributed by atoms with Crippen molar-refractivity contribution in [3.63, 3.8) is 0 Å². The molecule has 2 N–H and O–H groups in total. The van der Waals surface area contributed by atoms with E-state index in [-0.39, 0.29) is 6.54 Å². The number of aliphatic hydroxyl groups excluding tert-OH is 1. The van der Waals surface area contributed by atoms with Gasteiger partial charge in [-0.15, -0.1) is 0 Å². The summed E-state index contributed by atoms with van der Waals surface area (Å²) in [6, 6.07) is -0.984. The number of unbranched alkanes of at least 4 members (excludes halogenated alkanes) is 1. The quantitative estimate of drug-likeness (QED) is 0.660. The van der Waals surface area contributed by atoms with Crippen LogP contribution in [0.5, 0.6) is 0 Å². The normalized spacial score (nSPS) is 21.0. The number of rotatable bonds is 3. The Balaban J connectivity index is 2.48. The van der Waals surface area contributed by atoms with Crippen LogP contribution in [0.15, 0.2) is 0 Å². The van der Waals surface area contributed by atoms with Crippen molar-refractivity contribution in [2.24, 2.45) is 0 Å². The van der Waals surface area contributed by atoms with Gasteiger partial charge in [0.1, 0.15) is 0 Å². The van der Waals surface area contributed by atoms with Crippen LogP contribution in [0.1, 0.15) is 19.8 Å². The highest BCUT2D eigenvalue weighted by Gasteiger charge is 2.38. The highest BCUT2D eigenvalue weighted by atomic mass is 16.3. The van der Waals surface area contributed by atoms with E-state index in [0.29, 0.717) is 6.54 Å². The van der Waals surface area contributed by atoms with Gasteiger partial charge in [-0.3, -0.25) is 0 Å². The number of amides is 4. The number of likely N-dealkylation sites (N-methyl/N-ethyl adjacent to an activating group) is 1. The first-order valence-electron chi connectivity index (χ1n) is 5.08. The van der Waals surface area contributed by atoms with E-state index < -0.39 is 18.3 Å². The average molecular weight is 215 g/mol. The molecule has 15 heavy (non-hydrogen) atoms. The zero-order valence-corrected chi connectivity index (χ0v) is 9.06. The van der Waals surface area contributed by atoms with E-state index in [1.165, 1.54) is 4.90 Å². The fourth-order valence-electron chi connectivity index (χ4n) is 1.40. The number of carbonyl (C=O) groups excluding carboxylic acids is 2. The van der Waals surface area contributed by atoms with Gasteiger partial charge in [0.25, 0.3) is 0 Å². The molecule has 6 heteroatoms. The molecule has 1 fully saturated rings.